The summed E-state index contributed by atoms with van der Waals surface area (Å²) in [5, 5.41) is 0. The van der Waals surface area contributed by atoms with E-state index in [0.29, 0.717) is 17.5 Å². The summed E-state index contributed by atoms with van der Waals surface area (Å²) in [6.07, 6.45) is -2.08. The Morgan fingerprint density at radius 3 is 1.51 bits per heavy atom. The van der Waals surface area contributed by atoms with Gasteiger partial charge in [0, 0.05) is 33.6 Å². The lowest BCUT2D eigenvalue weighted by Crippen LogP contribution is -2.30. The normalized spacial score (nSPS) is 24.1. The molecule has 2 aliphatic heterocycles. The number of hydrogen-bond donors (Lipinski definition) is 0. The highest BCUT2D eigenvalue weighted by Gasteiger charge is 2.40. The average Bonchev–Trinajstić information content (AvgIpc) is 3.51. The Kier molecular flexibility index (Phi) is 12.6. The van der Waals surface area contributed by atoms with Gasteiger partial charge in [0.05, 0.1) is 29.4 Å². The molecule has 6 atom stereocenters. The van der Waals surface area contributed by atoms with E-state index in [-0.39, 0.29) is 49.9 Å². The summed E-state index contributed by atoms with van der Waals surface area (Å²) in [7, 11) is 0. The van der Waals surface area contributed by atoms with Gasteiger partial charge >= 0.3 is 29.8 Å². The van der Waals surface area contributed by atoms with Crippen LogP contribution in [-0.4, -0.2) is 79.9 Å². The first-order chi connectivity index (χ1) is 20.5. The van der Waals surface area contributed by atoms with Crippen molar-refractivity contribution in [1.82, 2.24) is 0 Å². The molecule has 4 rings (SSSR count). The summed E-state index contributed by atoms with van der Waals surface area (Å²) in [5.74, 6) is -2.23. The standard InChI is InChI=1S/C16H18O7.C15H18O5/c1-10(17)21-14-8-13(23-16(14)22-11(2)18)9-20-15(19)12-6-4-3-5-7-12;1-10-14(20-11(2)16)8-13(19-10)9-18-15(17)12-6-4-3-5-7-12/h3-7,13-14,16H,8-9H2,1-2H3;3-7,10,13-14H,8-9H2,1-2H3. The van der Waals surface area contributed by atoms with E-state index >= 15 is 0 Å². The number of carbonyl (C=O) groups excluding carboxylic acids is 5. The zero-order valence-electron chi connectivity index (χ0n) is 24.5. The topological polar surface area (TPSA) is 150 Å². The second-order valence-electron chi connectivity index (χ2n) is 9.90. The van der Waals surface area contributed by atoms with Gasteiger partial charge in [-0.3, -0.25) is 14.4 Å². The molecule has 12 nitrogen and oxygen atoms in total. The lowest BCUT2D eigenvalue weighted by molar-refractivity contribution is -0.195. The van der Waals surface area contributed by atoms with Crippen LogP contribution < -0.4 is 0 Å². The number of esters is 5. The number of benzene rings is 2. The van der Waals surface area contributed by atoms with E-state index in [0.717, 1.165) is 0 Å². The van der Waals surface area contributed by atoms with Crippen molar-refractivity contribution in [3.63, 3.8) is 0 Å². The van der Waals surface area contributed by atoms with Crippen LogP contribution in [0.25, 0.3) is 0 Å². The third kappa shape index (κ3) is 11.1. The number of carbonyl (C=O) groups is 5. The molecule has 0 spiro atoms. The van der Waals surface area contributed by atoms with Gasteiger partial charge in [-0.1, -0.05) is 36.4 Å². The van der Waals surface area contributed by atoms with Gasteiger partial charge in [0.1, 0.15) is 19.3 Å². The quantitative estimate of drug-likeness (QED) is 0.307. The van der Waals surface area contributed by atoms with E-state index in [1.54, 1.807) is 54.6 Å². The van der Waals surface area contributed by atoms with Crippen LogP contribution >= 0.6 is 0 Å². The van der Waals surface area contributed by atoms with Gasteiger partial charge in [-0.2, -0.15) is 0 Å². The molecule has 0 amide bonds. The molecule has 12 heteroatoms. The van der Waals surface area contributed by atoms with Crippen LogP contribution in [0.4, 0.5) is 0 Å². The molecule has 2 saturated heterocycles. The van der Waals surface area contributed by atoms with Crippen molar-refractivity contribution in [3.05, 3.63) is 71.8 Å². The number of ether oxygens (including phenoxy) is 7. The van der Waals surface area contributed by atoms with Crippen molar-refractivity contribution in [2.75, 3.05) is 13.2 Å². The summed E-state index contributed by atoms with van der Waals surface area (Å²) < 4.78 is 36.6. The average molecular weight is 601 g/mol. The Morgan fingerprint density at radius 1 is 0.628 bits per heavy atom. The maximum Gasteiger partial charge on any atom is 0.338 e. The molecule has 2 aromatic carbocycles. The van der Waals surface area contributed by atoms with Crippen molar-refractivity contribution in [1.29, 1.82) is 0 Å². The predicted octanol–water partition coefficient (Wildman–Crippen LogP) is 3.41. The molecule has 2 aliphatic rings. The van der Waals surface area contributed by atoms with Gasteiger partial charge in [0.2, 0.25) is 6.29 Å². The molecule has 43 heavy (non-hydrogen) atoms. The van der Waals surface area contributed by atoms with Gasteiger partial charge in [-0.25, -0.2) is 9.59 Å². The van der Waals surface area contributed by atoms with Crippen LogP contribution in [0, 0.1) is 0 Å². The molecule has 2 fully saturated rings. The number of hydrogen-bond acceptors (Lipinski definition) is 12. The van der Waals surface area contributed by atoms with E-state index in [1.165, 1.54) is 20.8 Å². The minimum Gasteiger partial charge on any atom is -0.460 e. The Bertz CT molecular complexity index is 1210. The maximum absolute atomic E-state index is 11.9. The highest BCUT2D eigenvalue weighted by Crippen LogP contribution is 2.26. The fourth-order valence-electron chi connectivity index (χ4n) is 4.41. The van der Waals surface area contributed by atoms with Crippen LogP contribution in [0.1, 0.15) is 61.3 Å². The van der Waals surface area contributed by atoms with Crippen LogP contribution in [-0.2, 0) is 47.5 Å². The second kappa shape index (κ2) is 16.4. The first-order valence-electron chi connectivity index (χ1n) is 13.8. The van der Waals surface area contributed by atoms with Crippen molar-refractivity contribution >= 4 is 29.8 Å². The predicted molar refractivity (Wildman–Crippen MR) is 149 cm³/mol. The van der Waals surface area contributed by atoms with E-state index < -0.39 is 36.4 Å². The van der Waals surface area contributed by atoms with Gasteiger partial charge in [-0.15, -0.1) is 0 Å². The maximum atomic E-state index is 11.9. The Labute approximate surface area is 249 Å². The highest BCUT2D eigenvalue weighted by atomic mass is 16.7. The highest BCUT2D eigenvalue weighted by molar-refractivity contribution is 5.89. The molecule has 232 valence electrons. The molecule has 0 aromatic heterocycles. The van der Waals surface area contributed by atoms with Gasteiger partial charge in [0.15, 0.2) is 6.10 Å². The molecule has 2 aromatic rings. The Hall–Kier alpha value is -4.29. The molecular weight excluding hydrogens is 564 g/mol. The first-order valence-corrected chi connectivity index (χ1v) is 13.8. The van der Waals surface area contributed by atoms with E-state index in [2.05, 4.69) is 0 Å². The van der Waals surface area contributed by atoms with Crippen molar-refractivity contribution in [2.24, 2.45) is 0 Å². The molecular formula is C31H36O12. The van der Waals surface area contributed by atoms with Crippen LogP contribution in [0.5, 0.6) is 0 Å². The Balaban J connectivity index is 0.000000238. The van der Waals surface area contributed by atoms with E-state index in [4.69, 9.17) is 33.2 Å². The summed E-state index contributed by atoms with van der Waals surface area (Å²) in [6, 6.07) is 17.3. The van der Waals surface area contributed by atoms with Crippen molar-refractivity contribution in [3.8, 4) is 0 Å². The summed E-state index contributed by atoms with van der Waals surface area (Å²) in [6.45, 7) is 5.84. The summed E-state index contributed by atoms with van der Waals surface area (Å²) in [5.41, 5.74) is 0.939. The first kappa shape index (κ1) is 33.2. The van der Waals surface area contributed by atoms with Crippen molar-refractivity contribution < 1.29 is 57.1 Å². The fraction of sp³-hybridized carbons (Fsp3) is 0.452. The minimum atomic E-state index is -0.989. The van der Waals surface area contributed by atoms with E-state index in [9.17, 15) is 24.0 Å². The fourth-order valence-corrected chi connectivity index (χ4v) is 4.41. The third-order valence-electron chi connectivity index (χ3n) is 6.29. The molecule has 0 aliphatic carbocycles. The second-order valence-corrected chi connectivity index (χ2v) is 9.90. The molecule has 0 N–H and O–H groups in total. The number of rotatable bonds is 9. The lowest BCUT2D eigenvalue weighted by Gasteiger charge is -2.17. The zero-order valence-corrected chi connectivity index (χ0v) is 24.5. The van der Waals surface area contributed by atoms with Crippen LogP contribution in [0.3, 0.4) is 0 Å². The van der Waals surface area contributed by atoms with E-state index in [1.807, 2.05) is 13.0 Å². The van der Waals surface area contributed by atoms with Crippen molar-refractivity contribution in [2.45, 2.75) is 77.3 Å². The minimum absolute atomic E-state index is 0.0245. The SMILES string of the molecule is CC(=O)OC1CC(COC(=O)c2ccccc2)OC1C.CC(=O)OC1CC(COC(=O)c2ccccc2)OC1OC(C)=O. The molecule has 0 bridgehead atoms. The molecule has 2 heterocycles. The van der Waals surface area contributed by atoms with Crippen LogP contribution in [0.15, 0.2) is 60.7 Å². The van der Waals surface area contributed by atoms with Gasteiger partial charge in [0.25, 0.3) is 0 Å². The smallest absolute Gasteiger partial charge is 0.338 e. The summed E-state index contributed by atoms with van der Waals surface area (Å²) in [4.78, 5) is 56.7. The molecule has 6 unspecified atom stereocenters. The summed E-state index contributed by atoms with van der Waals surface area (Å²) >= 11 is 0. The molecule has 0 radical (unpaired) electrons. The largest absolute Gasteiger partial charge is 0.460 e. The Morgan fingerprint density at radius 2 is 1.05 bits per heavy atom. The zero-order chi connectivity index (χ0) is 31.4. The lowest BCUT2D eigenvalue weighted by atomic mass is 10.1. The molecule has 0 saturated carbocycles. The van der Waals surface area contributed by atoms with Gasteiger partial charge < -0.3 is 33.2 Å². The van der Waals surface area contributed by atoms with Gasteiger partial charge in [-0.05, 0) is 31.2 Å². The third-order valence-corrected chi connectivity index (χ3v) is 6.29. The monoisotopic (exact) mass is 600 g/mol. The van der Waals surface area contributed by atoms with Crippen LogP contribution in [0.2, 0.25) is 0 Å².